The molecule has 1 aliphatic rings. The van der Waals surface area contributed by atoms with Gasteiger partial charge in [0.15, 0.2) is 0 Å². The highest BCUT2D eigenvalue weighted by Gasteiger charge is 2.20. The molecule has 1 unspecified atom stereocenters. The molecule has 2 heterocycles. The topological polar surface area (TPSA) is 45.4 Å². The van der Waals surface area contributed by atoms with Gasteiger partial charge < -0.3 is 10.6 Å². The molecule has 0 spiro atoms. The molecule has 0 aromatic carbocycles. The highest BCUT2D eigenvalue weighted by molar-refractivity contribution is 5.03. The standard InChI is InChI=1S/C17H30N4/c1-2-17(7-9-18)21-12-5-11-20(14-15-21)13-8-16-6-3-4-10-19-16/h3-4,6,10,17H,2,5,7-9,11-15,18H2,1H3. The minimum atomic E-state index is 0.672. The Balaban J connectivity index is 1.78. The van der Waals surface area contributed by atoms with Crippen LogP contribution in [0, 0.1) is 0 Å². The van der Waals surface area contributed by atoms with Crippen molar-refractivity contribution in [3.8, 4) is 0 Å². The van der Waals surface area contributed by atoms with Gasteiger partial charge in [0.1, 0.15) is 0 Å². The molecule has 2 N–H and O–H groups in total. The molecule has 2 rings (SSSR count). The van der Waals surface area contributed by atoms with E-state index < -0.39 is 0 Å². The average molecular weight is 290 g/mol. The van der Waals surface area contributed by atoms with Gasteiger partial charge in [-0.1, -0.05) is 13.0 Å². The maximum atomic E-state index is 5.75. The van der Waals surface area contributed by atoms with Gasteiger partial charge in [0.05, 0.1) is 0 Å². The number of pyridine rings is 1. The summed E-state index contributed by atoms with van der Waals surface area (Å²) in [5, 5.41) is 0. The molecule has 4 nitrogen and oxygen atoms in total. The van der Waals surface area contributed by atoms with E-state index in [1.54, 1.807) is 0 Å². The third kappa shape index (κ3) is 5.38. The highest BCUT2D eigenvalue weighted by Crippen LogP contribution is 2.12. The molecule has 1 fully saturated rings. The largest absolute Gasteiger partial charge is 0.330 e. The van der Waals surface area contributed by atoms with Crippen molar-refractivity contribution < 1.29 is 0 Å². The van der Waals surface area contributed by atoms with Crippen LogP contribution >= 0.6 is 0 Å². The van der Waals surface area contributed by atoms with Gasteiger partial charge in [-0.05, 0) is 51.0 Å². The molecule has 0 aliphatic carbocycles. The van der Waals surface area contributed by atoms with E-state index in [9.17, 15) is 0 Å². The van der Waals surface area contributed by atoms with Crippen LogP contribution in [0.4, 0.5) is 0 Å². The van der Waals surface area contributed by atoms with Crippen molar-refractivity contribution in [2.75, 3.05) is 39.3 Å². The second kappa shape index (κ2) is 9.13. The minimum absolute atomic E-state index is 0.672. The third-order valence-electron chi connectivity index (χ3n) is 4.52. The summed E-state index contributed by atoms with van der Waals surface area (Å²) in [5.74, 6) is 0. The first-order valence-electron chi connectivity index (χ1n) is 8.40. The first-order chi connectivity index (χ1) is 10.3. The Morgan fingerprint density at radius 2 is 2.14 bits per heavy atom. The van der Waals surface area contributed by atoms with Crippen LogP contribution in [0.3, 0.4) is 0 Å². The lowest BCUT2D eigenvalue weighted by molar-refractivity contribution is 0.186. The third-order valence-corrected chi connectivity index (χ3v) is 4.52. The van der Waals surface area contributed by atoms with Gasteiger partial charge in [-0.25, -0.2) is 0 Å². The Bertz CT molecular complexity index is 382. The van der Waals surface area contributed by atoms with Crippen LogP contribution in [0.15, 0.2) is 24.4 Å². The van der Waals surface area contributed by atoms with Crippen LogP contribution in [0.2, 0.25) is 0 Å². The van der Waals surface area contributed by atoms with E-state index >= 15 is 0 Å². The molecule has 1 aromatic heterocycles. The number of nitrogens with zero attached hydrogens (tertiary/aromatic N) is 3. The zero-order valence-corrected chi connectivity index (χ0v) is 13.4. The molecule has 0 amide bonds. The summed E-state index contributed by atoms with van der Waals surface area (Å²) in [4.78, 5) is 9.65. The predicted molar refractivity (Wildman–Crippen MR) is 88.3 cm³/mol. The second-order valence-corrected chi connectivity index (χ2v) is 5.94. The Hall–Kier alpha value is -0.970. The molecular weight excluding hydrogens is 260 g/mol. The molecule has 1 atom stereocenters. The smallest absolute Gasteiger partial charge is 0.0416 e. The fourth-order valence-corrected chi connectivity index (χ4v) is 3.24. The van der Waals surface area contributed by atoms with Crippen molar-refractivity contribution in [1.29, 1.82) is 0 Å². The number of aromatic nitrogens is 1. The van der Waals surface area contributed by atoms with Crippen LogP contribution in [0.1, 0.15) is 31.9 Å². The van der Waals surface area contributed by atoms with Crippen molar-refractivity contribution in [1.82, 2.24) is 14.8 Å². The highest BCUT2D eigenvalue weighted by atomic mass is 15.2. The fourth-order valence-electron chi connectivity index (χ4n) is 3.24. The van der Waals surface area contributed by atoms with Crippen molar-refractivity contribution in [3.05, 3.63) is 30.1 Å². The molecule has 21 heavy (non-hydrogen) atoms. The summed E-state index contributed by atoms with van der Waals surface area (Å²) in [5.41, 5.74) is 6.95. The van der Waals surface area contributed by atoms with Gasteiger partial charge in [0, 0.05) is 44.0 Å². The van der Waals surface area contributed by atoms with E-state index in [1.165, 1.54) is 44.7 Å². The lowest BCUT2D eigenvalue weighted by Gasteiger charge is -2.29. The molecule has 1 aliphatic heterocycles. The van der Waals surface area contributed by atoms with E-state index in [0.29, 0.717) is 6.04 Å². The lowest BCUT2D eigenvalue weighted by Crippen LogP contribution is -2.39. The number of hydrogen-bond acceptors (Lipinski definition) is 4. The summed E-state index contributed by atoms with van der Waals surface area (Å²) in [6, 6.07) is 6.85. The first-order valence-corrected chi connectivity index (χ1v) is 8.40. The van der Waals surface area contributed by atoms with Crippen LogP contribution < -0.4 is 5.73 Å². The van der Waals surface area contributed by atoms with Gasteiger partial charge in [-0.15, -0.1) is 0 Å². The number of nitrogens with two attached hydrogens (primary N) is 1. The van der Waals surface area contributed by atoms with Crippen LogP contribution in [0.5, 0.6) is 0 Å². The summed E-state index contributed by atoms with van der Waals surface area (Å²) < 4.78 is 0. The maximum Gasteiger partial charge on any atom is 0.0416 e. The summed E-state index contributed by atoms with van der Waals surface area (Å²) in [6.07, 6.45) is 6.55. The van der Waals surface area contributed by atoms with Crippen LogP contribution in [-0.2, 0) is 6.42 Å². The van der Waals surface area contributed by atoms with Crippen LogP contribution in [0.25, 0.3) is 0 Å². The number of hydrogen-bond donors (Lipinski definition) is 1. The van der Waals surface area contributed by atoms with Crippen LogP contribution in [-0.4, -0.2) is 60.1 Å². The van der Waals surface area contributed by atoms with Gasteiger partial charge in [-0.3, -0.25) is 9.88 Å². The first kappa shape index (κ1) is 16.4. The maximum absolute atomic E-state index is 5.75. The lowest BCUT2D eigenvalue weighted by atomic mass is 10.1. The Morgan fingerprint density at radius 3 is 2.86 bits per heavy atom. The molecule has 0 bridgehead atoms. The van der Waals surface area contributed by atoms with Gasteiger partial charge in [-0.2, -0.15) is 0 Å². The summed E-state index contributed by atoms with van der Waals surface area (Å²) >= 11 is 0. The Morgan fingerprint density at radius 1 is 1.24 bits per heavy atom. The van der Waals surface area contributed by atoms with Crippen molar-refractivity contribution in [3.63, 3.8) is 0 Å². The molecule has 0 radical (unpaired) electrons. The van der Waals surface area contributed by atoms with Gasteiger partial charge in [0.2, 0.25) is 0 Å². The van der Waals surface area contributed by atoms with Crippen molar-refractivity contribution in [2.24, 2.45) is 5.73 Å². The SMILES string of the molecule is CCC(CCN)N1CCCN(CCc2ccccn2)CC1. The monoisotopic (exact) mass is 290 g/mol. The predicted octanol–water partition coefficient (Wildman–Crippen LogP) is 1.76. The minimum Gasteiger partial charge on any atom is -0.330 e. The normalized spacial score (nSPS) is 19.3. The van der Waals surface area contributed by atoms with Crippen molar-refractivity contribution in [2.45, 2.75) is 38.6 Å². The van der Waals surface area contributed by atoms with E-state index in [2.05, 4.69) is 33.8 Å². The fraction of sp³-hybridized carbons (Fsp3) is 0.706. The molecule has 1 saturated heterocycles. The Kier molecular flexibility index (Phi) is 7.13. The zero-order valence-electron chi connectivity index (χ0n) is 13.4. The summed E-state index contributed by atoms with van der Waals surface area (Å²) in [7, 11) is 0. The second-order valence-electron chi connectivity index (χ2n) is 5.94. The summed E-state index contributed by atoms with van der Waals surface area (Å²) in [6.45, 7) is 9.00. The molecule has 0 saturated carbocycles. The van der Waals surface area contributed by atoms with E-state index in [0.717, 1.165) is 25.9 Å². The van der Waals surface area contributed by atoms with E-state index in [-0.39, 0.29) is 0 Å². The molecular formula is C17H30N4. The van der Waals surface area contributed by atoms with Crippen molar-refractivity contribution >= 4 is 0 Å². The quantitative estimate of drug-likeness (QED) is 0.831. The number of rotatable bonds is 7. The molecule has 1 aromatic rings. The Labute approximate surface area is 129 Å². The van der Waals surface area contributed by atoms with E-state index in [1.807, 2.05) is 12.3 Å². The van der Waals surface area contributed by atoms with E-state index in [4.69, 9.17) is 5.73 Å². The molecule has 118 valence electrons. The zero-order chi connectivity index (χ0) is 14.9. The van der Waals surface area contributed by atoms with Gasteiger partial charge in [0.25, 0.3) is 0 Å². The van der Waals surface area contributed by atoms with Gasteiger partial charge >= 0.3 is 0 Å². The average Bonchev–Trinajstić information content (AvgIpc) is 2.77. The molecule has 4 heteroatoms.